The molecule has 0 aliphatic rings. The third kappa shape index (κ3) is 9.42. The van der Waals surface area contributed by atoms with Gasteiger partial charge in [0.15, 0.2) is 0 Å². The largest absolute Gasteiger partial charge is 0.392 e. The number of nitrogens with one attached hydrogen (secondary N) is 1. The Morgan fingerprint density at radius 3 is 1.35 bits per heavy atom. The molecular formula is C10H25N3O4. The van der Waals surface area contributed by atoms with Crippen molar-refractivity contribution in [3.8, 4) is 0 Å². The molecule has 17 heavy (non-hydrogen) atoms. The van der Waals surface area contributed by atoms with E-state index in [1.54, 1.807) is 0 Å². The van der Waals surface area contributed by atoms with Crippen molar-refractivity contribution in [2.45, 2.75) is 37.3 Å². The highest BCUT2D eigenvalue weighted by molar-refractivity contribution is 4.70. The van der Waals surface area contributed by atoms with Crippen molar-refractivity contribution >= 4 is 0 Å². The van der Waals surface area contributed by atoms with Crippen LogP contribution in [0.3, 0.4) is 0 Å². The summed E-state index contributed by atoms with van der Waals surface area (Å²) in [4.78, 5) is 0. The Morgan fingerprint density at radius 1 is 0.706 bits per heavy atom. The molecule has 0 saturated carbocycles. The molecule has 0 fully saturated rings. The number of hydrogen-bond acceptors (Lipinski definition) is 7. The first-order chi connectivity index (χ1) is 7.99. The minimum Gasteiger partial charge on any atom is -0.392 e. The van der Waals surface area contributed by atoms with Crippen molar-refractivity contribution in [2.24, 2.45) is 11.5 Å². The van der Waals surface area contributed by atoms with Crippen LogP contribution in [0.4, 0.5) is 0 Å². The average Bonchev–Trinajstić information content (AvgIpc) is 2.28. The standard InChI is InChI=1S/C10H25N3O4/c11-3-7(14)1-9(16)5-13-6-10(17)2-8(15)4-12/h7-10,13-17H,1-6,11-12H2/t7-,8?,9?,10?/m0/s1. The fourth-order valence-electron chi connectivity index (χ4n) is 1.40. The quantitative estimate of drug-likeness (QED) is 0.215. The molecule has 0 spiro atoms. The van der Waals surface area contributed by atoms with Crippen molar-refractivity contribution < 1.29 is 20.4 Å². The van der Waals surface area contributed by atoms with Gasteiger partial charge in [0.05, 0.1) is 24.4 Å². The van der Waals surface area contributed by atoms with Crippen molar-refractivity contribution in [3.63, 3.8) is 0 Å². The summed E-state index contributed by atoms with van der Waals surface area (Å²) in [6.07, 6.45) is -2.44. The normalized spacial score (nSPS) is 18.7. The summed E-state index contributed by atoms with van der Waals surface area (Å²) in [6, 6.07) is 0. The van der Waals surface area contributed by atoms with Crippen LogP contribution in [0.2, 0.25) is 0 Å². The van der Waals surface area contributed by atoms with Gasteiger partial charge < -0.3 is 37.2 Å². The Kier molecular flexibility index (Phi) is 9.56. The van der Waals surface area contributed by atoms with Gasteiger partial charge in [-0.15, -0.1) is 0 Å². The number of aliphatic hydroxyl groups excluding tert-OH is 4. The fourth-order valence-corrected chi connectivity index (χ4v) is 1.40. The molecule has 0 bridgehead atoms. The van der Waals surface area contributed by atoms with Gasteiger partial charge in [-0.2, -0.15) is 0 Å². The second-order valence-electron chi connectivity index (χ2n) is 4.22. The van der Waals surface area contributed by atoms with E-state index >= 15 is 0 Å². The lowest BCUT2D eigenvalue weighted by atomic mass is 10.1. The molecule has 0 aliphatic carbocycles. The molecule has 0 radical (unpaired) electrons. The van der Waals surface area contributed by atoms with Crippen LogP contribution >= 0.6 is 0 Å². The fraction of sp³-hybridized carbons (Fsp3) is 1.00. The Hall–Kier alpha value is -0.280. The second-order valence-corrected chi connectivity index (χ2v) is 4.22. The third-order valence-corrected chi connectivity index (χ3v) is 2.39. The lowest BCUT2D eigenvalue weighted by Crippen LogP contribution is -2.37. The third-order valence-electron chi connectivity index (χ3n) is 2.39. The van der Waals surface area contributed by atoms with E-state index in [-0.39, 0.29) is 39.0 Å². The maximum Gasteiger partial charge on any atom is 0.0689 e. The molecule has 0 amide bonds. The minimum atomic E-state index is -0.712. The summed E-state index contributed by atoms with van der Waals surface area (Å²) in [5.74, 6) is 0. The zero-order chi connectivity index (χ0) is 13.3. The summed E-state index contributed by atoms with van der Waals surface area (Å²) in [5, 5.41) is 40.1. The molecule has 0 saturated heterocycles. The molecule has 0 heterocycles. The molecular weight excluding hydrogens is 226 g/mol. The van der Waals surface area contributed by atoms with E-state index in [1.807, 2.05) is 0 Å². The van der Waals surface area contributed by atoms with E-state index in [0.717, 1.165) is 0 Å². The summed E-state index contributed by atoms with van der Waals surface area (Å²) >= 11 is 0. The van der Waals surface area contributed by atoms with Gasteiger partial charge in [-0.1, -0.05) is 0 Å². The first kappa shape index (κ1) is 16.7. The van der Waals surface area contributed by atoms with Gasteiger partial charge in [0, 0.05) is 39.0 Å². The van der Waals surface area contributed by atoms with E-state index in [0.29, 0.717) is 0 Å². The van der Waals surface area contributed by atoms with Gasteiger partial charge in [-0.05, 0) is 0 Å². The molecule has 104 valence electrons. The lowest BCUT2D eigenvalue weighted by Gasteiger charge is -2.18. The van der Waals surface area contributed by atoms with Crippen LogP contribution in [0.5, 0.6) is 0 Å². The average molecular weight is 251 g/mol. The molecule has 3 unspecified atom stereocenters. The van der Waals surface area contributed by atoms with E-state index in [9.17, 15) is 20.4 Å². The smallest absolute Gasteiger partial charge is 0.0689 e. The van der Waals surface area contributed by atoms with Crippen LogP contribution in [0.15, 0.2) is 0 Å². The predicted octanol–water partition coefficient (Wildman–Crippen LogP) is -3.28. The van der Waals surface area contributed by atoms with Crippen molar-refractivity contribution in [1.29, 1.82) is 0 Å². The van der Waals surface area contributed by atoms with Crippen LogP contribution in [0.25, 0.3) is 0 Å². The van der Waals surface area contributed by atoms with Gasteiger partial charge >= 0.3 is 0 Å². The molecule has 0 aliphatic heterocycles. The topological polar surface area (TPSA) is 145 Å². The number of nitrogens with two attached hydrogens (primary N) is 2. The number of hydrogen-bond donors (Lipinski definition) is 7. The van der Waals surface area contributed by atoms with Gasteiger partial charge in [-0.3, -0.25) is 0 Å². The van der Waals surface area contributed by atoms with Gasteiger partial charge in [-0.25, -0.2) is 0 Å². The minimum absolute atomic E-state index is 0.113. The van der Waals surface area contributed by atoms with Crippen molar-refractivity contribution in [1.82, 2.24) is 5.32 Å². The Morgan fingerprint density at radius 2 is 1.06 bits per heavy atom. The molecule has 9 N–H and O–H groups in total. The van der Waals surface area contributed by atoms with Crippen LogP contribution < -0.4 is 16.8 Å². The summed E-state index contributed by atoms with van der Waals surface area (Å²) < 4.78 is 0. The Balaban J connectivity index is 3.55. The molecule has 7 heteroatoms. The van der Waals surface area contributed by atoms with E-state index in [2.05, 4.69) is 5.32 Å². The van der Waals surface area contributed by atoms with Gasteiger partial charge in [0.2, 0.25) is 0 Å². The van der Waals surface area contributed by atoms with Crippen molar-refractivity contribution in [2.75, 3.05) is 26.2 Å². The van der Waals surface area contributed by atoms with Crippen LogP contribution in [-0.2, 0) is 0 Å². The monoisotopic (exact) mass is 251 g/mol. The van der Waals surface area contributed by atoms with Crippen molar-refractivity contribution in [3.05, 3.63) is 0 Å². The molecule has 7 nitrogen and oxygen atoms in total. The lowest BCUT2D eigenvalue weighted by molar-refractivity contribution is 0.0701. The SMILES string of the molecule is NCC(O)CC(O)CNCC(O)C[C@H](O)CN. The number of aliphatic hydroxyl groups is 4. The van der Waals surface area contributed by atoms with E-state index < -0.39 is 24.4 Å². The molecule has 0 aromatic rings. The molecule has 4 atom stereocenters. The second kappa shape index (κ2) is 9.72. The highest BCUT2D eigenvalue weighted by atomic mass is 16.3. The van der Waals surface area contributed by atoms with Crippen LogP contribution in [-0.4, -0.2) is 71.0 Å². The van der Waals surface area contributed by atoms with Gasteiger partial charge in [0.1, 0.15) is 0 Å². The highest BCUT2D eigenvalue weighted by Gasteiger charge is 2.13. The molecule has 0 rings (SSSR count). The predicted molar refractivity (Wildman–Crippen MR) is 64.2 cm³/mol. The van der Waals surface area contributed by atoms with Crippen LogP contribution in [0.1, 0.15) is 12.8 Å². The Bertz CT molecular complexity index is 167. The zero-order valence-corrected chi connectivity index (χ0v) is 10.00. The maximum atomic E-state index is 9.46. The van der Waals surface area contributed by atoms with E-state index in [4.69, 9.17) is 11.5 Å². The maximum absolute atomic E-state index is 9.46. The van der Waals surface area contributed by atoms with Crippen LogP contribution in [0, 0.1) is 0 Å². The zero-order valence-electron chi connectivity index (χ0n) is 10.00. The summed E-state index contributed by atoms with van der Waals surface area (Å²) in [7, 11) is 0. The number of rotatable bonds is 10. The first-order valence-electron chi connectivity index (χ1n) is 5.82. The Labute approximate surface area is 101 Å². The molecule has 0 aromatic heterocycles. The summed E-state index contributed by atoms with van der Waals surface area (Å²) in [6.45, 7) is 0.741. The molecule has 0 aromatic carbocycles. The summed E-state index contributed by atoms with van der Waals surface area (Å²) in [5.41, 5.74) is 10.4. The highest BCUT2D eigenvalue weighted by Crippen LogP contribution is 1.98. The first-order valence-corrected chi connectivity index (χ1v) is 5.82. The van der Waals surface area contributed by atoms with E-state index in [1.165, 1.54) is 0 Å². The van der Waals surface area contributed by atoms with Gasteiger partial charge in [0.25, 0.3) is 0 Å².